The maximum atomic E-state index is 6.23. The Balaban J connectivity index is 2.55. The molecule has 0 spiro atoms. The predicted octanol–water partition coefficient (Wildman–Crippen LogP) is 1.86. The van der Waals surface area contributed by atoms with E-state index < -0.39 is 0 Å². The summed E-state index contributed by atoms with van der Waals surface area (Å²) in [5.74, 6) is 0. The molecule has 3 nitrogen and oxygen atoms in total. The maximum absolute atomic E-state index is 6.23. The van der Waals surface area contributed by atoms with E-state index in [9.17, 15) is 0 Å². The van der Waals surface area contributed by atoms with Crippen LogP contribution in [-0.2, 0) is 4.74 Å². The highest BCUT2D eigenvalue weighted by Gasteiger charge is 2.33. The van der Waals surface area contributed by atoms with Crippen LogP contribution in [0, 0.1) is 5.41 Å². The van der Waals surface area contributed by atoms with Crippen molar-refractivity contribution in [2.75, 3.05) is 19.6 Å². The van der Waals surface area contributed by atoms with Gasteiger partial charge in [-0.3, -0.25) is 4.90 Å². The molecule has 1 aliphatic rings. The molecule has 1 heterocycles. The molecule has 1 saturated heterocycles. The quantitative estimate of drug-likeness (QED) is 0.784. The van der Waals surface area contributed by atoms with Crippen molar-refractivity contribution in [3.8, 4) is 0 Å². The maximum Gasteiger partial charge on any atom is 0.0757 e. The second-order valence-electron chi connectivity index (χ2n) is 6.85. The summed E-state index contributed by atoms with van der Waals surface area (Å²) in [4.78, 5) is 2.43. The van der Waals surface area contributed by atoms with Gasteiger partial charge in [0.1, 0.15) is 0 Å². The molecule has 0 aromatic heterocycles. The van der Waals surface area contributed by atoms with Gasteiger partial charge in [0.25, 0.3) is 0 Å². The molecule has 0 saturated carbocycles. The van der Waals surface area contributed by atoms with Gasteiger partial charge in [-0.15, -0.1) is 0 Å². The molecule has 0 aromatic rings. The SMILES string of the molecule is CC1CN(CC(N)C(C)(C)C)CC(C)(C)O1. The highest BCUT2D eigenvalue weighted by molar-refractivity contribution is 4.87. The topological polar surface area (TPSA) is 38.5 Å². The van der Waals surface area contributed by atoms with Crippen LogP contribution in [0.25, 0.3) is 0 Å². The number of morpholine rings is 1. The number of hydrogen-bond donors (Lipinski definition) is 1. The Labute approximate surface area is 100 Å². The molecule has 0 aromatic carbocycles. The molecule has 2 N–H and O–H groups in total. The molecule has 1 fully saturated rings. The van der Waals surface area contributed by atoms with Crippen molar-refractivity contribution in [2.24, 2.45) is 11.1 Å². The third-order valence-electron chi connectivity index (χ3n) is 3.21. The lowest BCUT2D eigenvalue weighted by molar-refractivity contribution is -0.130. The fourth-order valence-electron chi connectivity index (χ4n) is 2.28. The van der Waals surface area contributed by atoms with Crippen LogP contribution in [0.15, 0.2) is 0 Å². The van der Waals surface area contributed by atoms with Gasteiger partial charge in [-0.05, 0) is 26.2 Å². The predicted molar refractivity (Wildman–Crippen MR) is 68.5 cm³/mol. The van der Waals surface area contributed by atoms with Gasteiger partial charge in [-0.25, -0.2) is 0 Å². The third-order valence-corrected chi connectivity index (χ3v) is 3.21. The average molecular weight is 228 g/mol. The number of nitrogens with two attached hydrogens (primary N) is 1. The zero-order valence-corrected chi connectivity index (χ0v) is 11.7. The lowest BCUT2D eigenvalue weighted by atomic mass is 9.87. The Hall–Kier alpha value is -0.120. The Morgan fingerprint density at radius 2 is 2.00 bits per heavy atom. The molecule has 1 rings (SSSR count). The Morgan fingerprint density at radius 1 is 1.44 bits per heavy atom. The first-order valence-corrected chi connectivity index (χ1v) is 6.26. The number of hydrogen-bond acceptors (Lipinski definition) is 3. The van der Waals surface area contributed by atoms with Crippen LogP contribution >= 0.6 is 0 Å². The van der Waals surface area contributed by atoms with Crippen molar-refractivity contribution in [1.29, 1.82) is 0 Å². The van der Waals surface area contributed by atoms with Crippen LogP contribution in [0.4, 0.5) is 0 Å². The molecular formula is C13H28N2O. The molecular weight excluding hydrogens is 200 g/mol. The molecule has 1 aliphatic heterocycles. The van der Waals surface area contributed by atoms with E-state index in [-0.39, 0.29) is 17.1 Å². The minimum Gasteiger partial charge on any atom is -0.370 e. The van der Waals surface area contributed by atoms with Crippen LogP contribution in [0.3, 0.4) is 0 Å². The molecule has 16 heavy (non-hydrogen) atoms. The summed E-state index contributed by atoms with van der Waals surface area (Å²) in [5, 5.41) is 0. The monoisotopic (exact) mass is 228 g/mol. The highest BCUT2D eigenvalue weighted by Crippen LogP contribution is 2.23. The molecule has 0 amide bonds. The van der Waals surface area contributed by atoms with Crippen molar-refractivity contribution < 1.29 is 4.74 Å². The molecule has 0 bridgehead atoms. The second kappa shape index (κ2) is 4.63. The summed E-state index contributed by atoms with van der Waals surface area (Å²) in [7, 11) is 0. The molecule has 0 radical (unpaired) electrons. The van der Waals surface area contributed by atoms with Crippen LogP contribution in [0.5, 0.6) is 0 Å². The van der Waals surface area contributed by atoms with Gasteiger partial charge < -0.3 is 10.5 Å². The fourth-order valence-corrected chi connectivity index (χ4v) is 2.28. The largest absolute Gasteiger partial charge is 0.370 e. The standard InChI is InChI=1S/C13H28N2O/c1-10-7-15(9-13(5,6)16-10)8-11(14)12(2,3)4/h10-11H,7-9,14H2,1-6H3. The van der Waals surface area contributed by atoms with Crippen molar-refractivity contribution in [3.63, 3.8) is 0 Å². The summed E-state index contributed by atoms with van der Waals surface area (Å²) in [5.41, 5.74) is 6.36. The van der Waals surface area contributed by atoms with Crippen molar-refractivity contribution in [1.82, 2.24) is 4.90 Å². The van der Waals surface area contributed by atoms with Gasteiger partial charge in [-0.2, -0.15) is 0 Å². The highest BCUT2D eigenvalue weighted by atomic mass is 16.5. The minimum atomic E-state index is -0.0464. The van der Waals surface area contributed by atoms with E-state index >= 15 is 0 Å². The Kier molecular flexibility index (Phi) is 4.04. The lowest BCUT2D eigenvalue weighted by Gasteiger charge is -2.44. The summed E-state index contributed by atoms with van der Waals surface area (Å²) >= 11 is 0. The van der Waals surface area contributed by atoms with Crippen LogP contribution in [0.2, 0.25) is 0 Å². The van der Waals surface area contributed by atoms with E-state index in [1.165, 1.54) is 0 Å². The first-order chi connectivity index (χ1) is 7.10. The molecule has 96 valence electrons. The summed E-state index contributed by atoms with van der Waals surface area (Å²) < 4.78 is 5.89. The van der Waals surface area contributed by atoms with Gasteiger partial charge in [0, 0.05) is 25.7 Å². The number of rotatable bonds is 2. The molecule has 2 atom stereocenters. The number of ether oxygens (including phenoxy) is 1. The van der Waals surface area contributed by atoms with Crippen LogP contribution < -0.4 is 5.73 Å². The Bertz CT molecular complexity index is 233. The lowest BCUT2D eigenvalue weighted by Crippen LogP contribution is -2.56. The van der Waals surface area contributed by atoms with E-state index in [1.54, 1.807) is 0 Å². The van der Waals surface area contributed by atoms with Gasteiger partial charge >= 0.3 is 0 Å². The van der Waals surface area contributed by atoms with Crippen LogP contribution in [0.1, 0.15) is 41.5 Å². The summed E-state index contributed by atoms with van der Waals surface area (Å²) in [6.07, 6.45) is 0.302. The van der Waals surface area contributed by atoms with Crippen molar-refractivity contribution in [2.45, 2.75) is 59.3 Å². The minimum absolute atomic E-state index is 0.0464. The smallest absolute Gasteiger partial charge is 0.0757 e. The van der Waals surface area contributed by atoms with E-state index in [2.05, 4.69) is 46.4 Å². The van der Waals surface area contributed by atoms with Gasteiger partial charge in [0.05, 0.1) is 11.7 Å². The number of nitrogens with zero attached hydrogens (tertiary/aromatic N) is 1. The second-order valence-corrected chi connectivity index (χ2v) is 6.85. The van der Waals surface area contributed by atoms with E-state index in [1.807, 2.05) is 0 Å². The average Bonchev–Trinajstić information content (AvgIpc) is 1.97. The zero-order chi connectivity index (χ0) is 12.6. The molecule has 0 aliphatic carbocycles. The van der Waals surface area contributed by atoms with Crippen molar-refractivity contribution >= 4 is 0 Å². The first kappa shape index (κ1) is 13.9. The van der Waals surface area contributed by atoms with Gasteiger partial charge in [0.2, 0.25) is 0 Å². The normalized spacial score (nSPS) is 29.1. The summed E-state index contributed by atoms with van der Waals surface area (Å²) in [6.45, 7) is 16.0. The van der Waals surface area contributed by atoms with E-state index in [4.69, 9.17) is 10.5 Å². The zero-order valence-electron chi connectivity index (χ0n) is 11.7. The molecule has 2 unspecified atom stereocenters. The van der Waals surface area contributed by atoms with Gasteiger partial charge in [-0.1, -0.05) is 20.8 Å². The van der Waals surface area contributed by atoms with Crippen LogP contribution in [-0.4, -0.2) is 42.3 Å². The van der Waals surface area contributed by atoms with E-state index in [0.29, 0.717) is 6.10 Å². The third kappa shape index (κ3) is 4.04. The summed E-state index contributed by atoms with van der Waals surface area (Å²) in [6, 6.07) is 0.216. The fraction of sp³-hybridized carbons (Fsp3) is 1.00. The van der Waals surface area contributed by atoms with Crippen molar-refractivity contribution in [3.05, 3.63) is 0 Å². The Morgan fingerprint density at radius 3 is 2.44 bits per heavy atom. The van der Waals surface area contributed by atoms with Gasteiger partial charge in [0.15, 0.2) is 0 Å². The van der Waals surface area contributed by atoms with E-state index in [0.717, 1.165) is 19.6 Å². The molecule has 3 heteroatoms. The first-order valence-electron chi connectivity index (χ1n) is 6.26.